The van der Waals surface area contributed by atoms with E-state index in [9.17, 15) is 27.8 Å². The molecule has 0 saturated carbocycles. The molecule has 18 heavy (non-hydrogen) atoms. The molecule has 0 aliphatic carbocycles. The number of hydrogen-bond donors (Lipinski definition) is 2. The lowest BCUT2D eigenvalue weighted by Crippen LogP contribution is -2.24. The monoisotopic (exact) mass is 266 g/mol. The highest BCUT2D eigenvalue weighted by molar-refractivity contribution is 5.29. The van der Waals surface area contributed by atoms with Crippen molar-refractivity contribution in [1.29, 1.82) is 0 Å². The summed E-state index contributed by atoms with van der Waals surface area (Å²) >= 11 is 0. The van der Waals surface area contributed by atoms with Gasteiger partial charge in [-0.25, -0.2) is 4.39 Å². The molecular formula is C12H14F4O2. The van der Waals surface area contributed by atoms with Gasteiger partial charge in [0.25, 0.3) is 0 Å². The summed E-state index contributed by atoms with van der Waals surface area (Å²) in [5.74, 6) is -1.74. The summed E-state index contributed by atoms with van der Waals surface area (Å²) in [6.07, 6.45) is -7.52. The lowest BCUT2D eigenvalue weighted by molar-refractivity contribution is -0.140. The first-order valence-electron chi connectivity index (χ1n) is 5.37. The van der Waals surface area contributed by atoms with Crippen LogP contribution in [0.3, 0.4) is 0 Å². The number of aliphatic hydroxyl groups excluding tert-OH is 2. The molecule has 1 aromatic carbocycles. The van der Waals surface area contributed by atoms with Gasteiger partial charge in [0.05, 0.1) is 11.7 Å². The third-order valence-electron chi connectivity index (χ3n) is 2.64. The van der Waals surface area contributed by atoms with Crippen molar-refractivity contribution in [3.63, 3.8) is 0 Å². The SMILES string of the molecule is CC(C)C(O)C(O)c1ccc(F)c(C(F)(F)F)c1. The molecule has 0 aliphatic heterocycles. The Kier molecular flexibility index (Phi) is 4.34. The lowest BCUT2D eigenvalue weighted by atomic mass is 9.95. The number of benzene rings is 1. The molecule has 6 heteroatoms. The fourth-order valence-electron chi connectivity index (χ4n) is 1.51. The number of hydrogen-bond acceptors (Lipinski definition) is 2. The van der Waals surface area contributed by atoms with Crippen LogP contribution in [-0.2, 0) is 6.18 Å². The maximum Gasteiger partial charge on any atom is 0.419 e. The molecule has 0 saturated heterocycles. The Labute approximate surface area is 102 Å². The molecule has 2 nitrogen and oxygen atoms in total. The van der Waals surface area contributed by atoms with E-state index in [0.717, 1.165) is 6.07 Å². The van der Waals surface area contributed by atoms with E-state index < -0.39 is 29.8 Å². The molecule has 2 N–H and O–H groups in total. The summed E-state index contributed by atoms with van der Waals surface area (Å²) in [6.45, 7) is 3.23. The van der Waals surface area contributed by atoms with Crippen molar-refractivity contribution in [3.8, 4) is 0 Å². The molecule has 0 fully saturated rings. The van der Waals surface area contributed by atoms with Crippen LogP contribution in [0.25, 0.3) is 0 Å². The van der Waals surface area contributed by atoms with E-state index >= 15 is 0 Å². The van der Waals surface area contributed by atoms with Crippen molar-refractivity contribution >= 4 is 0 Å². The first kappa shape index (κ1) is 14.9. The zero-order chi connectivity index (χ0) is 14.1. The molecule has 2 atom stereocenters. The highest BCUT2D eigenvalue weighted by atomic mass is 19.4. The minimum Gasteiger partial charge on any atom is -0.390 e. The van der Waals surface area contributed by atoms with Crippen LogP contribution in [-0.4, -0.2) is 16.3 Å². The molecule has 0 bridgehead atoms. The van der Waals surface area contributed by atoms with Crippen LogP contribution in [0.5, 0.6) is 0 Å². The number of rotatable bonds is 3. The minimum absolute atomic E-state index is 0.162. The van der Waals surface area contributed by atoms with E-state index in [2.05, 4.69) is 0 Å². The molecule has 0 spiro atoms. The second kappa shape index (κ2) is 5.24. The zero-order valence-corrected chi connectivity index (χ0v) is 9.87. The summed E-state index contributed by atoms with van der Waals surface area (Å²) in [5, 5.41) is 19.3. The first-order valence-corrected chi connectivity index (χ1v) is 5.37. The van der Waals surface area contributed by atoms with Crippen molar-refractivity contribution in [2.75, 3.05) is 0 Å². The molecule has 0 aromatic heterocycles. The number of aliphatic hydroxyl groups is 2. The number of halogens is 4. The van der Waals surface area contributed by atoms with Gasteiger partial charge in [0.2, 0.25) is 0 Å². The van der Waals surface area contributed by atoms with Gasteiger partial charge >= 0.3 is 6.18 Å². The summed E-state index contributed by atoms with van der Waals surface area (Å²) in [7, 11) is 0. The van der Waals surface area contributed by atoms with Crippen LogP contribution < -0.4 is 0 Å². The fourth-order valence-corrected chi connectivity index (χ4v) is 1.51. The summed E-state index contributed by atoms with van der Waals surface area (Å²) in [6, 6.07) is 2.18. The smallest absolute Gasteiger partial charge is 0.390 e. The molecule has 1 rings (SSSR count). The topological polar surface area (TPSA) is 40.5 Å². The standard InChI is InChI=1S/C12H14F4O2/c1-6(2)10(17)11(18)7-3-4-9(13)8(5-7)12(14,15)16/h3-6,10-11,17-18H,1-2H3. The summed E-state index contributed by atoms with van der Waals surface area (Å²) in [5.41, 5.74) is -1.61. The van der Waals surface area contributed by atoms with Crippen molar-refractivity contribution in [1.82, 2.24) is 0 Å². The Balaban J connectivity index is 3.13. The zero-order valence-electron chi connectivity index (χ0n) is 9.87. The first-order chi connectivity index (χ1) is 8.14. The predicted octanol–water partition coefficient (Wildman–Crippen LogP) is 2.89. The summed E-state index contributed by atoms with van der Waals surface area (Å²) in [4.78, 5) is 0. The fraction of sp³-hybridized carbons (Fsp3) is 0.500. The van der Waals surface area contributed by atoms with Crippen LogP contribution in [0.15, 0.2) is 18.2 Å². The maximum atomic E-state index is 13.0. The Morgan fingerprint density at radius 2 is 1.67 bits per heavy atom. The van der Waals surface area contributed by atoms with Crippen LogP contribution in [0, 0.1) is 11.7 Å². The molecule has 0 radical (unpaired) electrons. The lowest BCUT2D eigenvalue weighted by Gasteiger charge is -2.22. The van der Waals surface area contributed by atoms with Crippen molar-refractivity contribution in [2.24, 2.45) is 5.92 Å². The second-order valence-electron chi connectivity index (χ2n) is 4.42. The van der Waals surface area contributed by atoms with E-state index in [4.69, 9.17) is 0 Å². The van der Waals surface area contributed by atoms with Crippen LogP contribution >= 0.6 is 0 Å². The van der Waals surface area contributed by atoms with Gasteiger partial charge < -0.3 is 10.2 Å². The molecule has 102 valence electrons. The van der Waals surface area contributed by atoms with Gasteiger partial charge in [-0.05, 0) is 23.6 Å². The van der Waals surface area contributed by atoms with Gasteiger partial charge in [-0.3, -0.25) is 0 Å². The average Bonchev–Trinajstić information content (AvgIpc) is 2.26. The van der Waals surface area contributed by atoms with E-state index in [1.165, 1.54) is 0 Å². The van der Waals surface area contributed by atoms with Crippen molar-refractivity contribution in [2.45, 2.75) is 32.2 Å². The van der Waals surface area contributed by atoms with E-state index in [0.29, 0.717) is 12.1 Å². The van der Waals surface area contributed by atoms with E-state index in [-0.39, 0.29) is 11.5 Å². The predicted molar refractivity (Wildman–Crippen MR) is 57.2 cm³/mol. The Morgan fingerprint density at radius 1 is 1.11 bits per heavy atom. The van der Waals surface area contributed by atoms with Crippen LogP contribution in [0.1, 0.15) is 31.1 Å². The Morgan fingerprint density at radius 3 is 2.11 bits per heavy atom. The molecule has 1 aromatic rings. The van der Waals surface area contributed by atoms with Gasteiger partial charge in [0.1, 0.15) is 11.9 Å². The van der Waals surface area contributed by atoms with Crippen molar-refractivity contribution < 1.29 is 27.8 Å². The van der Waals surface area contributed by atoms with Gasteiger partial charge in [-0.2, -0.15) is 13.2 Å². The Bertz CT molecular complexity index is 415. The van der Waals surface area contributed by atoms with Gasteiger partial charge in [0, 0.05) is 0 Å². The molecule has 0 aliphatic rings. The molecule has 0 heterocycles. The summed E-state index contributed by atoms with van der Waals surface area (Å²) < 4.78 is 50.4. The van der Waals surface area contributed by atoms with Gasteiger partial charge in [-0.15, -0.1) is 0 Å². The molecule has 0 amide bonds. The van der Waals surface area contributed by atoms with E-state index in [1.54, 1.807) is 13.8 Å². The largest absolute Gasteiger partial charge is 0.419 e. The van der Waals surface area contributed by atoms with Crippen molar-refractivity contribution in [3.05, 3.63) is 35.1 Å². The third kappa shape index (κ3) is 3.20. The van der Waals surface area contributed by atoms with Crippen LogP contribution in [0.2, 0.25) is 0 Å². The average molecular weight is 266 g/mol. The normalized spacial score (nSPS) is 15.8. The Hall–Kier alpha value is -1.14. The molecule has 2 unspecified atom stereocenters. The van der Waals surface area contributed by atoms with Gasteiger partial charge in [-0.1, -0.05) is 19.9 Å². The van der Waals surface area contributed by atoms with E-state index in [1.807, 2.05) is 0 Å². The maximum absolute atomic E-state index is 13.0. The highest BCUT2D eigenvalue weighted by Gasteiger charge is 2.35. The molecular weight excluding hydrogens is 252 g/mol. The highest BCUT2D eigenvalue weighted by Crippen LogP contribution is 2.34. The van der Waals surface area contributed by atoms with Crippen LogP contribution in [0.4, 0.5) is 17.6 Å². The number of alkyl halides is 3. The minimum atomic E-state index is -4.83. The quantitative estimate of drug-likeness (QED) is 0.826. The third-order valence-corrected chi connectivity index (χ3v) is 2.64. The second-order valence-corrected chi connectivity index (χ2v) is 4.42. The van der Waals surface area contributed by atoms with Gasteiger partial charge in [0.15, 0.2) is 0 Å².